The van der Waals surface area contributed by atoms with E-state index in [4.69, 9.17) is 0 Å². The van der Waals surface area contributed by atoms with Crippen molar-refractivity contribution in [3.8, 4) is 0 Å². The van der Waals surface area contributed by atoms with Crippen molar-refractivity contribution in [2.45, 2.75) is 113 Å². The number of hydrogen-bond donors (Lipinski definition) is 0. The van der Waals surface area contributed by atoms with Gasteiger partial charge in [-0.3, -0.25) is 0 Å². The summed E-state index contributed by atoms with van der Waals surface area (Å²) in [7, 11) is 0. The Labute approximate surface area is 193 Å². The van der Waals surface area contributed by atoms with Gasteiger partial charge < -0.3 is 0 Å². The highest BCUT2D eigenvalue weighted by molar-refractivity contribution is 5.08. The lowest BCUT2D eigenvalue weighted by molar-refractivity contribution is 0.541. The third kappa shape index (κ3) is 20.0. The van der Waals surface area contributed by atoms with Gasteiger partial charge in [0, 0.05) is 0 Å². The highest BCUT2D eigenvalue weighted by atomic mass is 19.1. The third-order valence-electron chi connectivity index (χ3n) is 5.55. The predicted octanol–water partition coefficient (Wildman–Crippen LogP) is 10.6. The van der Waals surface area contributed by atoms with Crippen LogP contribution in [0.2, 0.25) is 0 Å². The van der Waals surface area contributed by atoms with Crippen LogP contribution in [0.4, 0.5) is 4.39 Å². The molecule has 0 aliphatic rings. The van der Waals surface area contributed by atoms with E-state index in [0.717, 1.165) is 56.9 Å². The van der Waals surface area contributed by atoms with Crippen molar-refractivity contribution in [2.24, 2.45) is 0 Å². The van der Waals surface area contributed by atoms with Gasteiger partial charge in [0.15, 0.2) is 0 Å². The number of unbranched alkanes of at least 4 members (excludes halogenated alkanes) is 1. The van der Waals surface area contributed by atoms with Crippen molar-refractivity contribution in [3.63, 3.8) is 0 Å². The number of alkyl halides is 1. The molecule has 0 atom stereocenters. The van der Waals surface area contributed by atoms with Crippen molar-refractivity contribution >= 4 is 0 Å². The Morgan fingerprint density at radius 1 is 0.419 bits per heavy atom. The minimum atomic E-state index is -0.324. The minimum absolute atomic E-state index is 0.324. The molecule has 0 heterocycles. The summed E-state index contributed by atoms with van der Waals surface area (Å²) in [4.78, 5) is 0. The second kappa shape index (κ2) is 19.1. The fourth-order valence-corrected chi connectivity index (χ4v) is 3.35. The molecule has 0 bridgehead atoms. The maximum atomic E-state index is 12.4. The van der Waals surface area contributed by atoms with Gasteiger partial charge in [-0.05, 0) is 118 Å². The number of allylic oxidation sites excluding steroid dienone is 12. The van der Waals surface area contributed by atoms with E-state index in [9.17, 15) is 4.39 Å². The maximum Gasteiger partial charge on any atom is 0.110 e. The summed E-state index contributed by atoms with van der Waals surface area (Å²) in [6.07, 6.45) is 25.1. The van der Waals surface area contributed by atoms with E-state index in [1.807, 2.05) is 13.0 Å². The number of hydrogen-bond acceptors (Lipinski definition) is 0. The van der Waals surface area contributed by atoms with Crippen LogP contribution in [-0.2, 0) is 0 Å². The van der Waals surface area contributed by atoms with Crippen LogP contribution in [0.15, 0.2) is 69.9 Å². The zero-order chi connectivity index (χ0) is 23.5. The van der Waals surface area contributed by atoms with Crippen LogP contribution in [0.3, 0.4) is 0 Å². The molecule has 0 amide bonds. The molecule has 0 N–H and O–H groups in total. The van der Waals surface area contributed by atoms with E-state index >= 15 is 0 Å². The fourth-order valence-electron chi connectivity index (χ4n) is 3.35. The normalized spacial score (nSPS) is 14.3. The summed E-state index contributed by atoms with van der Waals surface area (Å²) >= 11 is 0. The molecule has 0 aromatic carbocycles. The van der Waals surface area contributed by atoms with Gasteiger partial charge in [0.25, 0.3) is 0 Å². The van der Waals surface area contributed by atoms with Crippen LogP contribution in [0.5, 0.6) is 0 Å². The van der Waals surface area contributed by atoms with E-state index in [1.165, 1.54) is 40.7 Å². The Kier molecular flexibility index (Phi) is 18.1. The average Bonchev–Trinajstić information content (AvgIpc) is 2.70. The molecule has 0 fully saturated rings. The highest BCUT2D eigenvalue weighted by Gasteiger charge is 1.94. The maximum absolute atomic E-state index is 12.4. The van der Waals surface area contributed by atoms with Crippen LogP contribution in [0.25, 0.3) is 0 Å². The van der Waals surface area contributed by atoms with Gasteiger partial charge in [0.2, 0.25) is 0 Å². The standard InChI is InChI=1S/C30H49F/c1-25(2)14-10-17-28(5)20-11-18-26(3)15-8-9-16-27(4)19-12-21-29(6)22-13-23-30(7)24-31/h14-16,20-21,23H,8-13,17-19,22,24H2,1-7H3/b26-15+,27-16+,28-20+,29-21+,30-23+. The van der Waals surface area contributed by atoms with E-state index in [1.54, 1.807) is 0 Å². The molecule has 0 aromatic rings. The lowest BCUT2D eigenvalue weighted by atomic mass is 10.0. The Balaban J connectivity index is 4.07. The van der Waals surface area contributed by atoms with Crippen LogP contribution in [0, 0.1) is 0 Å². The lowest BCUT2D eigenvalue weighted by Crippen LogP contribution is -1.83. The topological polar surface area (TPSA) is 0 Å². The molecule has 0 aliphatic carbocycles. The van der Waals surface area contributed by atoms with Crippen LogP contribution >= 0.6 is 0 Å². The minimum Gasteiger partial charge on any atom is -0.246 e. The molecule has 0 saturated heterocycles. The second-order valence-corrected chi connectivity index (χ2v) is 9.40. The summed E-state index contributed by atoms with van der Waals surface area (Å²) in [5, 5.41) is 0. The highest BCUT2D eigenvalue weighted by Crippen LogP contribution is 2.14. The van der Waals surface area contributed by atoms with Crippen LogP contribution < -0.4 is 0 Å². The summed E-state index contributed by atoms with van der Waals surface area (Å²) in [5.41, 5.74) is 8.18. The molecule has 0 rings (SSSR count). The zero-order valence-electron chi connectivity index (χ0n) is 21.6. The predicted molar refractivity (Wildman–Crippen MR) is 140 cm³/mol. The van der Waals surface area contributed by atoms with Gasteiger partial charge >= 0.3 is 0 Å². The van der Waals surface area contributed by atoms with Crippen molar-refractivity contribution in [2.75, 3.05) is 6.67 Å². The van der Waals surface area contributed by atoms with Gasteiger partial charge in [-0.1, -0.05) is 64.3 Å². The van der Waals surface area contributed by atoms with E-state index < -0.39 is 0 Å². The van der Waals surface area contributed by atoms with Gasteiger partial charge in [-0.15, -0.1) is 0 Å². The Bertz CT molecular complexity index is 661. The zero-order valence-corrected chi connectivity index (χ0v) is 21.6. The molecular formula is C30H49F. The number of rotatable bonds is 16. The van der Waals surface area contributed by atoms with Crippen molar-refractivity contribution in [3.05, 3.63) is 69.9 Å². The Hall–Kier alpha value is -1.63. The first-order valence-electron chi connectivity index (χ1n) is 12.2. The third-order valence-corrected chi connectivity index (χ3v) is 5.55. The first-order chi connectivity index (χ1) is 14.7. The van der Waals surface area contributed by atoms with Gasteiger partial charge in [0.1, 0.15) is 6.67 Å². The molecule has 176 valence electrons. The quantitative estimate of drug-likeness (QED) is 0.169. The smallest absolute Gasteiger partial charge is 0.110 e. The molecular weight excluding hydrogens is 379 g/mol. The molecule has 0 aromatic heterocycles. The molecule has 31 heavy (non-hydrogen) atoms. The molecule has 0 spiro atoms. The summed E-state index contributed by atoms with van der Waals surface area (Å²) in [6.45, 7) is 14.8. The van der Waals surface area contributed by atoms with Crippen molar-refractivity contribution in [1.82, 2.24) is 0 Å². The molecule has 0 saturated carbocycles. The second-order valence-electron chi connectivity index (χ2n) is 9.40. The summed E-state index contributed by atoms with van der Waals surface area (Å²) < 4.78 is 12.4. The molecule has 0 nitrogen and oxygen atoms in total. The van der Waals surface area contributed by atoms with E-state index in [0.29, 0.717) is 0 Å². The Morgan fingerprint density at radius 2 is 0.710 bits per heavy atom. The monoisotopic (exact) mass is 428 g/mol. The van der Waals surface area contributed by atoms with Crippen molar-refractivity contribution in [1.29, 1.82) is 0 Å². The molecule has 0 unspecified atom stereocenters. The SMILES string of the molecule is CC(C)=CCC/C(C)=C/CC/C(C)=C/CC/C=C(\C)CC/C=C(\C)CC/C=C(\C)CF. The van der Waals surface area contributed by atoms with Gasteiger partial charge in [-0.2, -0.15) is 0 Å². The first-order valence-corrected chi connectivity index (χ1v) is 12.2. The Morgan fingerprint density at radius 3 is 1.03 bits per heavy atom. The largest absolute Gasteiger partial charge is 0.246 e. The van der Waals surface area contributed by atoms with Crippen LogP contribution in [0.1, 0.15) is 113 Å². The molecule has 0 aliphatic heterocycles. The number of halogens is 1. The lowest BCUT2D eigenvalue weighted by Gasteiger charge is -2.03. The summed E-state index contributed by atoms with van der Waals surface area (Å²) in [6, 6.07) is 0. The van der Waals surface area contributed by atoms with Gasteiger partial charge in [-0.25, -0.2) is 4.39 Å². The first kappa shape index (κ1) is 29.4. The van der Waals surface area contributed by atoms with Gasteiger partial charge in [0.05, 0.1) is 0 Å². The van der Waals surface area contributed by atoms with E-state index in [2.05, 4.69) is 71.9 Å². The molecule has 1 heteroatoms. The molecule has 0 radical (unpaired) electrons. The van der Waals surface area contributed by atoms with Crippen LogP contribution in [-0.4, -0.2) is 6.67 Å². The summed E-state index contributed by atoms with van der Waals surface area (Å²) in [5.74, 6) is 0. The van der Waals surface area contributed by atoms with E-state index in [-0.39, 0.29) is 6.67 Å². The average molecular weight is 429 g/mol. The fraction of sp³-hybridized carbons (Fsp3) is 0.600. The van der Waals surface area contributed by atoms with Crippen molar-refractivity contribution < 1.29 is 4.39 Å².